The van der Waals surface area contributed by atoms with Gasteiger partial charge in [-0.2, -0.15) is 19.2 Å². The molecular weight excluding hydrogens is 492 g/mol. The minimum atomic E-state index is -1.00. The summed E-state index contributed by atoms with van der Waals surface area (Å²) >= 11 is 0. The maximum absolute atomic E-state index is 10.2. The number of nitrogens with one attached hydrogen (secondary N) is 2. The topological polar surface area (TPSA) is 130 Å². The summed E-state index contributed by atoms with van der Waals surface area (Å²) in [5, 5.41) is 25.3. The van der Waals surface area contributed by atoms with Crippen molar-refractivity contribution in [1.29, 1.82) is 0 Å². The fourth-order valence-corrected chi connectivity index (χ4v) is 3.91. The van der Waals surface area contributed by atoms with Crippen molar-refractivity contribution >= 4 is 22.9 Å². The molecule has 6 heterocycles. The Bertz CT molecular complexity index is 1660. The first-order valence-corrected chi connectivity index (χ1v) is 12.5. The van der Waals surface area contributed by atoms with Crippen molar-refractivity contribution in [3.8, 4) is 0 Å². The van der Waals surface area contributed by atoms with Crippen LogP contribution in [0.15, 0.2) is 85.7 Å². The molecule has 0 radical (unpaired) electrons. The first-order valence-electron chi connectivity index (χ1n) is 12.5. The molecule has 6 aromatic heterocycles. The number of hydrogen-bond acceptors (Lipinski definition) is 9. The molecule has 0 saturated heterocycles. The van der Waals surface area contributed by atoms with E-state index in [1.54, 1.807) is 47.7 Å². The zero-order chi connectivity index (χ0) is 27.2. The smallest absolute Gasteiger partial charge is 0.157 e. The Kier molecular flexibility index (Phi) is 7.41. The Morgan fingerprint density at radius 2 is 1.28 bits per heavy atom. The maximum atomic E-state index is 10.2. The lowest BCUT2D eigenvalue weighted by Gasteiger charge is -2.18. The number of aliphatic hydroxyl groups is 1. The van der Waals surface area contributed by atoms with Crippen LogP contribution >= 0.6 is 0 Å². The van der Waals surface area contributed by atoms with Crippen molar-refractivity contribution in [2.75, 3.05) is 10.6 Å². The fraction of sp³-hybridized carbons (Fsp3) is 0.214. The van der Waals surface area contributed by atoms with Gasteiger partial charge in [0.05, 0.1) is 18.1 Å². The van der Waals surface area contributed by atoms with Gasteiger partial charge < -0.3 is 15.7 Å². The molecule has 0 fully saturated rings. The largest absolute Gasteiger partial charge is 0.384 e. The van der Waals surface area contributed by atoms with E-state index in [1.165, 1.54) is 0 Å². The van der Waals surface area contributed by atoms with E-state index < -0.39 is 5.60 Å². The third kappa shape index (κ3) is 6.33. The summed E-state index contributed by atoms with van der Waals surface area (Å²) in [5.74, 6) is 1.72. The zero-order valence-corrected chi connectivity index (χ0v) is 22.0. The quantitative estimate of drug-likeness (QED) is 0.285. The Morgan fingerprint density at radius 1 is 0.744 bits per heavy atom. The second-order valence-corrected chi connectivity index (χ2v) is 9.50. The van der Waals surface area contributed by atoms with Gasteiger partial charge in [-0.1, -0.05) is 12.1 Å². The molecule has 0 aliphatic heterocycles. The van der Waals surface area contributed by atoms with Crippen LogP contribution in [0.4, 0.5) is 11.6 Å². The highest BCUT2D eigenvalue weighted by atomic mass is 16.3. The van der Waals surface area contributed by atoms with Crippen LogP contribution in [0.1, 0.15) is 36.4 Å². The maximum Gasteiger partial charge on any atom is 0.157 e. The number of pyridine rings is 2. The second kappa shape index (κ2) is 11.2. The number of anilines is 2. The lowest BCUT2D eigenvalue weighted by Crippen LogP contribution is -2.19. The van der Waals surface area contributed by atoms with Gasteiger partial charge in [0.15, 0.2) is 11.3 Å². The van der Waals surface area contributed by atoms with Gasteiger partial charge in [0.2, 0.25) is 0 Å². The van der Waals surface area contributed by atoms with Gasteiger partial charge in [0.1, 0.15) is 17.2 Å². The van der Waals surface area contributed by atoms with Crippen molar-refractivity contribution in [2.24, 2.45) is 0 Å². The predicted octanol–water partition coefficient (Wildman–Crippen LogP) is 4.01. The number of rotatable bonds is 7. The molecule has 0 bridgehead atoms. The molecule has 39 heavy (non-hydrogen) atoms. The Morgan fingerprint density at radius 3 is 1.79 bits per heavy atom. The Hall–Kier alpha value is -4.90. The summed E-state index contributed by atoms with van der Waals surface area (Å²) in [6.07, 6.45) is 10.6. The summed E-state index contributed by atoms with van der Waals surface area (Å²) < 4.78 is 3.51. The molecule has 0 amide bonds. The van der Waals surface area contributed by atoms with E-state index in [-0.39, 0.29) is 0 Å². The lowest BCUT2D eigenvalue weighted by molar-refractivity contribution is 0.0740. The molecule has 11 heteroatoms. The van der Waals surface area contributed by atoms with Crippen LogP contribution in [0.5, 0.6) is 0 Å². The molecular formula is C28H30N10O. The van der Waals surface area contributed by atoms with Crippen LogP contribution in [0.2, 0.25) is 0 Å². The van der Waals surface area contributed by atoms with E-state index in [1.807, 2.05) is 67.8 Å². The van der Waals surface area contributed by atoms with Crippen molar-refractivity contribution in [3.05, 3.63) is 108 Å². The van der Waals surface area contributed by atoms with Crippen molar-refractivity contribution in [2.45, 2.75) is 39.5 Å². The highest BCUT2D eigenvalue weighted by Crippen LogP contribution is 2.22. The third-order valence-corrected chi connectivity index (χ3v) is 5.87. The molecule has 0 saturated carbocycles. The molecule has 198 valence electrons. The zero-order valence-electron chi connectivity index (χ0n) is 22.0. The predicted molar refractivity (Wildman–Crippen MR) is 149 cm³/mol. The Balaban J connectivity index is 0.000000160. The number of fused-ring (bicyclic) bond motifs is 2. The first-order chi connectivity index (χ1) is 18.9. The van der Waals surface area contributed by atoms with Crippen LogP contribution in [-0.4, -0.2) is 44.3 Å². The van der Waals surface area contributed by atoms with Crippen molar-refractivity contribution < 1.29 is 5.11 Å². The highest BCUT2D eigenvalue weighted by Gasteiger charge is 2.20. The van der Waals surface area contributed by atoms with Gasteiger partial charge in [0, 0.05) is 67.8 Å². The summed E-state index contributed by atoms with van der Waals surface area (Å²) in [7, 11) is 0. The van der Waals surface area contributed by atoms with Gasteiger partial charge in [-0.25, -0.2) is 9.97 Å². The molecule has 0 aliphatic rings. The van der Waals surface area contributed by atoms with Gasteiger partial charge in [-0.15, -0.1) is 0 Å². The number of nitrogens with zero attached hydrogens (tertiary/aromatic N) is 8. The SMILES string of the molecule is CC(C)(O)c1cc(NCc2cccnc2)n2nccc2n1.Cc1cc(NCc2cccnc2)n2nccc2n1. The minimum absolute atomic E-state index is 0.601. The van der Waals surface area contributed by atoms with E-state index in [2.05, 4.69) is 40.8 Å². The average Bonchev–Trinajstić information content (AvgIpc) is 3.61. The molecule has 3 N–H and O–H groups in total. The van der Waals surface area contributed by atoms with E-state index in [0.29, 0.717) is 24.4 Å². The summed E-state index contributed by atoms with van der Waals surface area (Å²) in [4.78, 5) is 17.0. The molecule has 0 aromatic carbocycles. The van der Waals surface area contributed by atoms with Gasteiger partial charge in [-0.3, -0.25) is 9.97 Å². The molecule has 6 aromatic rings. The number of hydrogen-bond donors (Lipinski definition) is 3. The number of aryl methyl sites for hydroxylation is 1. The molecule has 0 spiro atoms. The average molecular weight is 523 g/mol. The van der Waals surface area contributed by atoms with E-state index in [0.717, 1.165) is 34.1 Å². The lowest BCUT2D eigenvalue weighted by atomic mass is 10.1. The number of aromatic nitrogens is 8. The van der Waals surface area contributed by atoms with E-state index in [4.69, 9.17) is 0 Å². The fourth-order valence-electron chi connectivity index (χ4n) is 3.91. The van der Waals surface area contributed by atoms with Crippen molar-refractivity contribution in [1.82, 2.24) is 39.2 Å². The molecule has 0 unspecified atom stereocenters. The highest BCUT2D eigenvalue weighted by molar-refractivity contribution is 5.50. The molecule has 6 rings (SSSR count). The van der Waals surface area contributed by atoms with Gasteiger partial charge >= 0.3 is 0 Å². The third-order valence-electron chi connectivity index (χ3n) is 5.87. The molecule has 11 nitrogen and oxygen atoms in total. The van der Waals surface area contributed by atoms with Crippen LogP contribution < -0.4 is 10.6 Å². The standard InChI is InChI=1S/C15H17N5O.C13H13N5/c1-15(2,21)12-8-14(20-13(19-12)5-7-18-20)17-10-11-4-3-6-16-9-11;1-10-7-13(18-12(17-10)4-6-16-18)15-9-11-3-2-5-14-8-11/h3-9,17,21H,10H2,1-2H3;2-8,15H,9H2,1H3. The van der Waals surface area contributed by atoms with Gasteiger partial charge in [-0.05, 0) is 44.0 Å². The van der Waals surface area contributed by atoms with Crippen LogP contribution in [0.3, 0.4) is 0 Å². The molecule has 0 atom stereocenters. The second-order valence-electron chi connectivity index (χ2n) is 9.50. The first kappa shape index (κ1) is 25.7. The monoisotopic (exact) mass is 522 g/mol. The van der Waals surface area contributed by atoms with Crippen LogP contribution in [0.25, 0.3) is 11.3 Å². The Labute approximate surface area is 225 Å². The normalized spacial score (nSPS) is 11.3. The van der Waals surface area contributed by atoms with Gasteiger partial charge in [0.25, 0.3) is 0 Å². The van der Waals surface area contributed by atoms with Crippen molar-refractivity contribution in [3.63, 3.8) is 0 Å². The summed E-state index contributed by atoms with van der Waals surface area (Å²) in [5.41, 5.74) is 4.32. The van der Waals surface area contributed by atoms with Crippen LogP contribution in [-0.2, 0) is 18.7 Å². The van der Waals surface area contributed by atoms with E-state index >= 15 is 0 Å². The summed E-state index contributed by atoms with van der Waals surface area (Å²) in [6, 6.07) is 15.4. The van der Waals surface area contributed by atoms with Crippen LogP contribution in [0, 0.1) is 6.92 Å². The molecule has 0 aliphatic carbocycles. The minimum Gasteiger partial charge on any atom is -0.384 e. The van der Waals surface area contributed by atoms with E-state index in [9.17, 15) is 5.11 Å². The summed E-state index contributed by atoms with van der Waals surface area (Å²) in [6.45, 7) is 6.74.